The first-order chi connectivity index (χ1) is 11.2. The second kappa shape index (κ2) is 11.9. The van der Waals surface area contributed by atoms with Gasteiger partial charge in [-0.05, 0) is 33.2 Å². The fourth-order valence-corrected chi connectivity index (χ4v) is 3.78. The molecular weight excluding hydrogens is 316 g/mol. The Morgan fingerprint density at radius 1 is 1.17 bits per heavy atom. The monoisotopic (exact) mass is 350 g/mol. The summed E-state index contributed by atoms with van der Waals surface area (Å²) in [5.41, 5.74) is 1.95. The lowest BCUT2D eigenvalue weighted by Crippen LogP contribution is -2.19. The van der Waals surface area contributed by atoms with Crippen LogP contribution in [-0.4, -0.2) is 27.8 Å². The summed E-state index contributed by atoms with van der Waals surface area (Å²) in [5, 5.41) is 0. The number of hydrogen-bond donors (Lipinski definition) is 0. The van der Waals surface area contributed by atoms with Crippen molar-refractivity contribution in [3.8, 4) is 0 Å². The van der Waals surface area contributed by atoms with Crippen LogP contribution in [-0.2, 0) is 14.3 Å². The lowest BCUT2D eigenvalue weighted by Gasteiger charge is -2.15. The second-order valence-corrected chi connectivity index (χ2v) is 12.4. The minimum absolute atomic E-state index is 0.303. The van der Waals surface area contributed by atoms with E-state index in [1.165, 1.54) is 11.6 Å². The van der Waals surface area contributed by atoms with E-state index in [1.807, 2.05) is 0 Å². The molecule has 0 aromatic heterocycles. The fourth-order valence-electron chi connectivity index (χ4n) is 2.23. The van der Waals surface area contributed by atoms with E-state index in [4.69, 9.17) is 9.47 Å². The zero-order valence-corrected chi connectivity index (χ0v) is 17.4. The lowest BCUT2D eigenvalue weighted by atomic mass is 10.1. The van der Waals surface area contributed by atoms with Crippen LogP contribution in [0.5, 0.6) is 0 Å². The molecule has 0 saturated carbocycles. The van der Waals surface area contributed by atoms with Crippen LogP contribution >= 0.6 is 0 Å². The van der Waals surface area contributed by atoms with Crippen molar-refractivity contribution in [2.75, 3.05) is 13.7 Å². The molecule has 0 aliphatic carbocycles. The minimum Gasteiger partial charge on any atom is -0.501 e. The summed E-state index contributed by atoms with van der Waals surface area (Å²) in [6.45, 7) is 13.2. The average molecular weight is 351 g/mol. The molecule has 0 bridgehead atoms. The van der Waals surface area contributed by atoms with Crippen LogP contribution in [0, 0.1) is 0 Å². The van der Waals surface area contributed by atoms with Crippen molar-refractivity contribution < 1.29 is 14.3 Å². The van der Waals surface area contributed by atoms with Gasteiger partial charge in [-0.1, -0.05) is 55.6 Å². The van der Waals surface area contributed by atoms with Gasteiger partial charge in [0.25, 0.3) is 0 Å². The van der Waals surface area contributed by atoms with Gasteiger partial charge in [-0.25, -0.2) is 4.79 Å². The highest BCUT2D eigenvalue weighted by Crippen LogP contribution is 2.17. The molecule has 0 spiro atoms. The highest BCUT2D eigenvalue weighted by Gasteiger charge is 2.13. The SMILES string of the molecule is C/C=C(/C=C/C=C/CC/C(OC)=C(/C)C(=O)OCC)C[Si](C)(C)C. The van der Waals surface area contributed by atoms with E-state index in [0.29, 0.717) is 24.4 Å². The third kappa shape index (κ3) is 10.3. The molecule has 0 amide bonds. The number of esters is 1. The number of carbonyl (C=O) groups is 1. The quantitative estimate of drug-likeness (QED) is 0.168. The van der Waals surface area contributed by atoms with Crippen molar-refractivity contribution >= 4 is 14.0 Å². The first-order valence-corrected chi connectivity index (χ1v) is 12.3. The van der Waals surface area contributed by atoms with Crippen LogP contribution in [0.3, 0.4) is 0 Å². The zero-order valence-electron chi connectivity index (χ0n) is 16.4. The predicted octanol–water partition coefficient (Wildman–Crippen LogP) is 5.65. The summed E-state index contributed by atoms with van der Waals surface area (Å²) >= 11 is 0. The number of methoxy groups -OCH3 is 1. The van der Waals surface area contributed by atoms with Gasteiger partial charge < -0.3 is 9.47 Å². The largest absolute Gasteiger partial charge is 0.501 e. The van der Waals surface area contributed by atoms with Crippen molar-refractivity contribution in [2.45, 2.75) is 59.3 Å². The Morgan fingerprint density at radius 3 is 2.33 bits per heavy atom. The van der Waals surface area contributed by atoms with Crippen molar-refractivity contribution in [2.24, 2.45) is 0 Å². The summed E-state index contributed by atoms with van der Waals surface area (Å²) in [4.78, 5) is 11.7. The number of hydrogen-bond acceptors (Lipinski definition) is 3. The van der Waals surface area contributed by atoms with Crippen LogP contribution in [0.2, 0.25) is 25.7 Å². The molecule has 4 heteroatoms. The van der Waals surface area contributed by atoms with E-state index in [9.17, 15) is 4.79 Å². The summed E-state index contributed by atoms with van der Waals surface area (Å²) < 4.78 is 10.3. The molecule has 0 atom stereocenters. The lowest BCUT2D eigenvalue weighted by molar-refractivity contribution is -0.138. The first kappa shape index (κ1) is 22.4. The van der Waals surface area contributed by atoms with Crippen molar-refractivity contribution in [3.63, 3.8) is 0 Å². The maximum Gasteiger partial charge on any atom is 0.337 e. The molecule has 24 heavy (non-hydrogen) atoms. The number of allylic oxidation sites excluding steroid dienone is 7. The van der Waals surface area contributed by atoms with E-state index < -0.39 is 8.07 Å². The van der Waals surface area contributed by atoms with Gasteiger partial charge in [0.1, 0.15) is 5.76 Å². The van der Waals surface area contributed by atoms with Gasteiger partial charge in [0.05, 0.1) is 19.3 Å². The van der Waals surface area contributed by atoms with Gasteiger partial charge >= 0.3 is 5.97 Å². The maximum atomic E-state index is 11.7. The zero-order chi connectivity index (χ0) is 18.6. The predicted molar refractivity (Wildman–Crippen MR) is 106 cm³/mol. The van der Waals surface area contributed by atoms with Gasteiger partial charge in [0, 0.05) is 14.5 Å². The van der Waals surface area contributed by atoms with Gasteiger partial charge in [0.2, 0.25) is 0 Å². The van der Waals surface area contributed by atoms with E-state index in [1.54, 1.807) is 21.0 Å². The molecule has 3 nitrogen and oxygen atoms in total. The topological polar surface area (TPSA) is 35.5 Å². The van der Waals surface area contributed by atoms with E-state index in [2.05, 4.69) is 56.9 Å². The fraction of sp³-hybridized carbons (Fsp3) is 0.550. The smallest absolute Gasteiger partial charge is 0.337 e. The van der Waals surface area contributed by atoms with Crippen molar-refractivity contribution in [1.29, 1.82) is 0 Å². The Bertz CT molecular complexity index is 505. The van der Waals surface area contributed by atoms with Gasteiger partial charge in [-0.3, -0.25) is 0 Å². The first-order valence-electron chi connectivity index (χ1n) is 8.64. The summed E-state index contributed by atoms with van der Waals surface area (Å²) in [7, 11) is 0.517. The molecule has 0 heterocycles. The van der Waals surface area contributed by atoms with Crippen molar-refractivity contribution in [3.05, 3.63) is 47.3 Å². The molecule has 0 N–H and O–H groups in total. The molecule has 0 rings (SSSR count). The van der Waals surface area contributed by atoms with Crippen LogP contribution in [0.15, 0.2) is 47.3 Å². The van der Waals surface area contributed by atoms with Crippen molar-refractivity contribution in [1.82, 2.24) is 0 Å². The Hall–Kier alpha value is -1.55. The van der Waals surface area contributed by atoms with E-state index in [-0.39, 0.29) is 5.97 Å². The minimum atomic E-state index is -1.08. The molecule has 0 unspecified atom stereocenters. The number of rotatable bonds is 10. The van der Waals surface area contributed by atoms with Gasteiger partial charge in [0.15, 0.2) is 0 Å². The van der Waals surface area contributed by atoms with Crippen LogP contribution in [0.25, 0.3) is 0 Å². The molecule has 136 valence electrons. The summed E-state index contributed by atoms with van der Waals surface area (Å²) in [5.74, 6) is 0.386. The summed E-state index contributed by atoms with van der Waals surface area (Å²) in [6, 6.07) is 1.20. The standard InChI is InChI=1S/C20H34O3Si/c1-8-18(16-24(5,6)7)14-12-10-11-13-15-19(22-4)17(3)20(21)23-9-2/h8,10-12,14H,9,13,15-16H2,1-7H3/b11-10+,14-12+,18-8-,19-17+. The Kier molecular flexibility index (Phi) is 11.1. The third-order valence-electron chi connectivity index (χ3n) is 3.45. The maximum absolute atomic E-state index is 11.7. The molecule has 0 saturated heterocycles. The Labute approximate surface area is 149 Å². The Balaban J connectivity index is 4.53. The highest BCUT2D eigenvalue weighted by atomic mass is 28.3. The van der Waals surface area contributed by atoms with Crippen LogP contribution < -0.4 is 0 Å². The number of carbonyl (C=O) groups excluding carboxylic acids is 1. The van der Waals surface area contributed by atoms with Crippen LogP contribution in [0.1, 0.15) is 33.6 Å². The molecular formula is C20H34O3Si. The molecule has 0 radical (unpaired) electrons. The van der Waals surface area contributed by atoms with Gasteiger partial charge in [-0.15, -0.1) is 0 Å². The molecule has 0 aromatic rings. The third-order valence-corrected chi connectivity index (χ3v) is 4.92. The van der Waals surface area contributed by atoms with Crippen LogP contribution in [0.4, 0.5) is 0 Å². The normalized spacial score (nSPS) is 14.2. The number of ether oxygens (including phenoxy) is 2. The average Bonchev–Trinajstić information content (AvgIpc) is 2.51. The Morgan fingerprint density at radius 2 is 1.83 bits per heavy atom. The van der Waals surface area contributed by atoms with E-state index in [0.717, 1.165) is 6.42 Å². The molecule has 0 fully saturated rings. The molecule has 0 aromatic carbocycles. The van der Waals surface area contributed by atoms with E-state index >= 15 is 0 Å². The molecule has 0 aliphatic rings. The summed E-state index contributed by atoms with van der Waals surface area (Å²) in [6.07, 6.45) is 12.1. The highest BCUT2D eigenvalue weighted by molar-refractivity contribution is 6.76. The van der Waals surface area contributed by atoms with Gasteiger partial charge in [-0.2, -0.15) is 0 Å². The second-order valence-electron chi connectivity index (χ2n) is 6.90. The molecule has 0 aliphatic heterocycles.